The number of rotatable bonds is 1. The summed E-state index contributed by atoms with van der Waals surface area (Å²) in [4.78, 5) is 33.2. The Morgan fingerprint density at radius 1 is 1.21 bits per heavy atom. The maximum absolute atomic E-state index is 11.3. The second-order valence-electron chi connectivity index (χ2n) is 2.73. The van der Waals surface area contributed by atoms with E-state index in [1.807, 2.05) is 0 Å². The lowest BCUT2D eigenvalue weighted by Crippen LogP contribution is -2.20. The standard InChI is InChI=1S/C10H9NO3/c11-10(14)8-6-7(12)4-2-1-3-5-9(8)13/h2-6H,1H2,(H2,11,14). The Kier molecular flexibility index (Phi) is 3.12. The van der Waals surface area contributed by atoms with Crippen LogP contribution in [0.1, 0.15) is 6.42 Å². The van der Waals surface area contributed by atoms with Crippen molar-refractivity contribution in [1.82, 2.24) is 0 Å². The first-order valence-corrected chi connectivity index (χ1v) is 4.04. The van der Waals surface area contributed by atoms with Crippen molar-refractivity contribution in [2.45, 2.75) is 6.42 Å². The molecule has 0 saturated carbocycles. The molecule has 0 aromatic heterocycles. The third kappa shape index (κ3) is 2.52. The van der Waals surface area contributed by atoms with Gasteiger partial charge in [-0.2, -0.15) is 0 Å². The first-order valence-electron chi connectivity index (χ1n) is 4.04. The van der Waals surface area contributed by atoms with Crippen molar-refractivity contribution in [3.63, 3.8) is 0 Å². The first kappa shape index (κ1) is 10.1. The van der Waals surface area contributed by atoms with Crippen LogP contribution < -0.4 is 5.73 Å². The van der Waals surface area contributed by atoms with Gasteiger partial charge in [0, 0.05) is 6.08 Å². The topological polar surface area (TPSA) is 77.2 Å². The molecule has 0 spiro atoms. The lowest BCUT2D eigenvalue weighted by atomic mass is 10.1. The smallest absolute Gasteiger partial charge is 0.252 e. The van der Waals surface area contributed by atoms with Crippen molar-refractivity contribution in [3.05, 3.63) is 36.0 Å². The maximum Gasteiger partial charge on any atom is 0.252 e. The third-order valence-electron chi connectivity index (χ3n) is 1.64. The average molecular weight is 191 g/mol. The minimum Gasteiger partial charge on any atom is -0.365 e. The molecule has 0 fully saturated rings. The van der Waals surface area contributed by atoms with Crippen LogP contribution in [-0.4, -0.2) is 17.5 Å². The van der Waals surface area contributed by atoms with Gasteiger partial charge in [-0.1, -0.05) is 12.2 Å². The van der Waals surface area contributed by atoms with Crippen LogP contribution in [0.4, 0.5) is 0 Å². The van der Waals surface area contributed by atoms with Crippen LogP contribution in [-0.2, 0) is 14.4 Å². The number of nitrogens with two attached hydrogens (primary N) is 1. The first-order chi connectivity index (χ1) is 6.61. The molecule has 0 aliphatic heterocycles. The molecule has 0 bridgehead atoms. The van der Waals surface area contributed by atoms with E-state index >= 15 is 0 Å². The number of ketones is 2. The van der Waals surface area contributed by atoms with E-state index in [1.165, 1.54) is 12.2 Å². The van der Waals surface area contributed by atoms with E-state index in [0.717, 1.165) is 6.08 Å². The van der Waals surface area contributed by atoms with Crippen molar-refractivity contribution < 1.29 is 14.4 Å². The molecular weight excluding hydrogens is 182 g/mol. The Hall–Kier alpha value is -1.97. The van der Waals surface area contributed by atoms with E-state index in [-0.39, 0.29) is 5.57 Å². The quantitative estimate of drug-likeness (QED) is 0.595. The second kappa shape index (κ2) is 4.32. The molecule has 1 aliphatic rings. The molecule has 1 amide bonds. The number of hydrogen-bond donors (Lipinski definition) is 1. The van der Waals surface area contributed by atoms with Crippen LogP contribution in [0.3, 0.4) is 0 Å². The highest BCUT2D eigenvalue weighted by Crippen LogP contribution is 2.02. The highest BCUT2D eigenvalue weighted by atomic mass is 16.2. The van der Waals surface area contributed by atoms with E-state index in [2.05, 4.69) is 0 Å². The zero-order chi connectivity index (χ0) is 10.6. The monoisotopic (exact) mass is 191 g/mol. The van der Waals surface area contributed by atoms with Crippen molar-refractivity contribution in [1.29, 1.82) is 0 Å². The van der Waals surface area contributed by atoms with Crippen LogP contribution in [0, 0.1) is 0 Å². The molecule has 0 heterocycles. The predicted molar refractivity (Wildman–Crippen MR) is 50.2 cm³/mol. The van der Waals surface area contributed by atoms with Gasteiger partial charge in [0.1, 0.15) is 0 Å². The summed E-state index contributed by atoms with van der Waals surface area (Å²) >= 11 is 0. The molecule has 14 heavy (non-hydrogen) atoms. The molecule has 1 aliphatic carbocycles. The minimum atomic E-state index is -0.886. The molecule has 4 heteroatoms. The van der Waals surface area contributed by atoms with Crippen LogP contribution in [0.25, 0.3) is 0 Å². The number of primary amides is 1. The van der Waals surface area contributed by atoms with Crippen LogP contribution in [0.5, 0.6) is 0 Å². The van der Waals surface area contributed by atoms with Crippen molar-refractivity contribution >= 4 is 17.5 Å². The van der Waals surface area contributed by atoms with Crippen LogP contribution in [0.2, 0.25) is 0 Å². The number of allylic oxidation sites excluding steroid dienone is 5. The zero-order valence-electron chi connectivity index (χ0n) is 7.40. The SMILES string of the molecule is NC(=O)C1=CC(=O)C=CCC=CC1=O. The summed E-state index contributed by atoms with van der Waals surface area (Å²) in [5.74, 6) is -1.83. The van der Waals surface area contributed by atoms with Gasteiger partial charge < -0.3 is 5.73 Å². The van der Waals surface area contributed by atoms with Crippen LogP contribution in [0.15, 0.2) is 36.0 Å². The number of carbonyl (C=O) groups is 3. The molecule has 0 unspecified atom stereocenters. The Bertz CT molecular complexity index is 375. The average Bonchev–Trinajstić information content (AvgIpc) is 2.18. The molecule has 1 rings (SSSR count). The summed E-state index contributed by atoms with van der Waals surface area (Å²) in [5, 5.41) is 0. The number of carbonyl (C=O) groups excluding carboxylic acids is 3. The highest BCUT2D eigenvalue weighted by Gasteiger charge is 2.14. The Labute approximate surface area is 80.8 Å². The van der Waals surface area contributed by atoms with Crippen molar-refractivity contribution in [3.8, 4) is 0 Å². The normalized spacial score (nSPS) is 17.0. The van der Waals surface area contributed by atoms with Gasteiger partial charge in [-0.05, 0) is 18.6 Å². The fourth-order valence-corrected chi connectivity index (χ4v) is 0.982. The molecule has 0 aromatic rings. The van der Waals surface area contributed by atoms with Gasteiger partial charge in [-0.25, -0.2) is 0 Å². The molecule has 72 valence electrons. The predicted octanol–water partition coefficient (Wildman–Crippen LogP) is 0.0524. The molecule has 0 radical (unpaired) electrons. The summed E-state index contributed by atoms with van der Waals surface area (Å²) in [6, 6.07) is 0. The molecule has 2 N–H and O–H groups in total. The fraction of sp³-hybridized carbons (Fsp3) is 0.100. The summed E-state index contributed by atoms with van der Waals surface area (Å²) in [5.41, 5.74) is 4.67. The van der Waals surface area contributed by atoms with Gasteiger partial charge in [0.2, 0.25) is 0 Å². The van der Waals surface area contributed by atoms with Gasteiger partial charge >= 0.3 is 0 Å². The number of hydrogen-bond acceptors (Lipinski definition) is 3. The lowest BCUT2D eigenvalue weighted by Gasteiger charge is -1.95. The summed E-state index contributed by atoms with van der Waals surface area (Å²) in [7, 11) is 0. The summed E-state index contributed by atoms with van der Waals surface area (Å²) < 4.78 is 0. The fourth-order valence-electron chi connectivity index (χ4n) is 0.982. The van der Waals surface area contributed by atoms with Crippen molar-refractivity contribution in [2.75, 3.05) is 0 Å². The van der Waals surface area contributed by atoms with Gasteiger partial charge in [0.15, 0.2) is 11.6 Å². The second-order valence-corrected chi connectivity index (χ2v) is 2.73. The van der Waals surface area contributed by atoms with Gasteiger partial charge in [-0.3, -0.25) is 14.4 Å². The van der Waals surface area contributed by atoms with E-state index < -0.39 is 17.5 Å². The maximum atomic E-state index is 11.3. The lowest BCUT2D eigenvalue weighted by molar-refractivity contribution is -0.119. The van der Waals surface area contributed by atoms with E-state index in [0.29, 0.717) is 6.42 Å². The molecule has 0 aromatic carbocycles. The molecule has 0 saturated heterocycles. The molecular formula is C10H9NO3. The third-order valence-corrected chi connectivity index (χ3v) is 1.64. The zero-order valence-corrected chi connectivity index (χ0v) is 7.40. The van der Waals surface area contributed by atoms with E-state index in [1.54, 1.807) is 12.2 Å². The highest BCUT2D eigenvalue weighted by molar-refractivity contribution is 6.26. The van der Waals surface area contributed by atoms with Gasteiger partial charge in [0.25, 0.3) is 5.91 Å². The summed E-state index contributed by atoms with van der Waals surface area (Å²) in [6.07, 6.45) is 7.14. The molecule has 4 nitrogen and oxygen atoms in total. The Morgan fingerprint density at radius 2 is 1.86 bits per heavy atom. The van der Waals surface area contributed by atoms with E-state index in [9.17, 15) is 14.4 Å². The molecule has 0 atom stereocenters. The van der Waals surface area contributed by atoms with Gasteiger partial charge in [0.05, 0.1) is 5.57 Å². The summed E-state index contributed by atoms with van der Waals surface area (Å²) in [6.45, 7) is 0. The Balaban J connectivity index is 3.12. The van der Waals surface area contributed by atoms with Crippen molar-refractivity contribution in [2.24, 2.45) is 5.73 Å². The van der Waals surface area contributed by atoms with Crippen LogP contribution >= 0.6 is 0 Å². The van der Waals surface area contributed by atoms with Gasteiger partial charge in [-0.15, -0.1) is 0 Å². The minimum absolute atomic E-state index is 0.280. The Morgan fingerprint density at radius 3 is 2.50 bits per heavy atom. The van der Waals surface area contributed by atoms with E-state index in [4.69, 9.17) is 5.73 Å². The largest absolute Gasteiger partial charge is 0.365 e. The number of amides is 1.